The highest BCUT2D eigenvalue weighted by Crippen LogP contribution is 2.48. The Morgan fingerprint density at radius 1 is 1.30 bits per heavy atom. The Balaban J connectivity index is 2.52. The van der Waals surface area contributed by atoms with Crippen molar-refractivity contribution in [2.75, 3.05) is 6.54 Å². The van der Waals surface area contributed by atoms with E-state index < -0.39 is 0 Å². The molecule has 1 fully saturated rings. The Labute approximate surface area is 64.0 Å². The molecule has 0 aliphatic heterocycles. The van der Waals surface area contributed by atoms with Crippen LogP contribution in [-0.4, -0.2) is 6.54 Å². The molecule has 0 heterocycles. The maximum atomic E-state index is 5.77. The standard InChI is InChI=1S/C9H19N/c1-3-9(4-2,7-10)8-5-6-8/h8H,3-7,10H2,1-2H3. The molecule has 0 atom stereocenters. The van der Waals surface area contributed by atoms with Crippen LogP contribution in [0.1, 0.15) is 39.5 Å². The zero-order chi connectivity index (χ0) is 7.61. The van der Waals surface area contributed by atoms with Crippen LogP contribution in [0.2, 0.25) is 0 Å². The van der Waals surface area contributed by atoms with Crippen molar-refractivity contribution in [2.24, 2.45) is 17.1 Å². The summed E-state index contributed by atoms with van der Waals surface area (Å²) < 4.78 is 0. The Morgan fingerprint density at radius 3 is 1.90 bits per heavy atom. The van der Waals surface area contributed by atoms with Gasteiger partial charge in [0.05, 0.1) is 0 Å². The smallest absolute Gasteiger partial charge is 0.00181 e. The van der Waals surface area contributed by atoms with Crippen LogP contribution in [0.25, 0.3) is 0 Å². The molecule has 0 aromatic carbocycles. The molecule has 10 heavy (non-hydrogen) atoms. The minimum atomic E-state index is 0.514. The van der Waals surface area contributed by atoms with E-state index in [1.165, 1.54) is 25.7 Å². The Kier molecular flexibility index (Phi) is 2.35. The van der Waals surface area contributed by atoms with E-state index in [4.69, 9.17) is 5.73 Å². The Morgan fingerprint density at radius 2 is 1.80 bits per heavy atom. The SMILES string of the molecule is CCC(CC)(CN)C1CC1. The molecule has 0 saturated heterocycles. The summed E-state index contributed by atoms with van der Waals surface area (Å²) in [5, 5.41) is 0. The first-order valence-corrected chi connectivity index (χ1v) is 4.49. The third-order valence-electron chi connectivity index (χ3n) is 3.26. The number of rotatable bonds is 4. The van der Waals surface area contributed by atoms with Crippen LogP contribution in [0.4, 0.5) is 0 Å². The van der Waals surface area contributed by atoms with Crippen LogP contribution in [0.15, 0.2) is 0 Å². The fourth-order valence-corrected chi connectivity index (χ4v) is 1.98. The second-order valence-corrected chi connectivity index (χ2v) is 3.55. The minimum Gasteiger partial charge on any atom is -0.330 e. The van der Waals surface area contributed by atoms with Gasteiger partial charge in [0.15, 0.2) is 0 Å². The van der Waals surface area contributed by atoms with Crippen LogP contribution in [0.3, 0.4) is 0 Å². The summed E-state index contributed by atoms with van der Waals surface area (Å²) in [5.41, 5.74) is 6.28. The van der Waals surface area contributed by atoms with Crippen LogP contribution in [0, 0.1) is 11.3 Å². The molecule has 1 rings (SSSR count). The number of hydrogen-bond acceptors (Lipinski definition) is 1. The lowest BCUT2D eigenvalue weighted by Crippen LogP contribution is -2.31. The van der Waals surface area contributed by atoms with Crippen molar-refractivity contribution in [3.63, 3.8) is 0 Å². The lowest BCUT2D eigenvalue weighted by Gasteiger charge is -2.29. The fraction of sp³-hybridized carbons (Fsp3) is 1.00. The van der Waals surface area contributed by atoms with Gasteiger partial charge in [0, 0.05) is 0 Å². The fourth-order valence-electron chi connectivity index (χ4n) is 1.98. The highest BCUT2D eigenvalue weighted by molar-refractivity contribution is 4.92. The summed E-state index contributed by atoms with van der Waals surface area (Å²) in [4.78, 5) is 0. The molecule has 1 heteroatoms. The molecule has 2 N–H and O–H groups in total. The third kappa shape index (κ3) is 1.20. The maximum Gasteiger partial charge on any atom is -0.00181 e. The summed E-state index contributed by atoms with van der Waals surface area (Å²) in [6.07, 6.45) is 5.40. The van der Waals surface area contributed by atoms with Gasteiger partial charge in [-0.2, -0.15) is 0 Å². The molecule has 0 bridgehead atoms. The van der Waals surface area contributed by atoms with Crippen LogP contribution >= 0.6 is 0 Å². The first-order chi connectivity index (χ1) is 4.79. The minimum absolute atomic E-state index is 0.514. The van der Waals surface area contributed by atoms with Gasteiger partial charge in [-0.3, -0.25) is 0 Å². The van der Waals surface area contributed by atoms with Crippen LogP contribution in [0.5, 0.6) is 0 Å². The van der Waals surface area contributed by atoms with Crippen molar-refractivity contribution in [1.29, 1.82) is 0 Å². The highest BCUT2D eigenvalue weighted by atomic mass is 14.6. The molecule has 0 aromatic heterocycles. The second-order valence-electron chi connectivity index (χ2n) is 3.55. The van der Waals surface area contributed by atoms with E-state index in [-0.39, 0.29) is 0 Å². The van der Waals surface area contributed by atoms with Gasteiger partial charge in [-0.15, -0.1) is 0 Å². The van der Waals surface area contributed by atoms with E-state index in [9.17, 15) is 0 Å². The van der Waals surface area contributed by atoms with E-state index in [0.717, 1.165) is 12.5 Å². The molecular weight excluding hydrogens is 122 g/mol. The monoisotopic (exact) mass is 141 g/mol. The predicted molar refractivity (Wildman–Crippen MR) is 44.8 cm³/mol. The van der Waals surface area contributed by atoms with Crippen molar-refractivity contribution in [3.8, 4) is 0 Å². The van der Waals surface area contributed by atoms with Gasteiger partial charge in [-0.25, -0.2) is 0 Å². The van der Waals surface area contributed by atoms with Gasteiger partial charge in [-0.05, 0) is 43.6 Å². The average molecular weight is 141 g/mol. The molecule has 0 spiro atoms. The molecule has 0 unspecified atom stereocenters. The first kappa shape index (κ1) is 8.06. The second kappa shape index (κ2) is 2.91. The van der Waals surface area contributed by atoms with Crippen molar-refractivity contribution in [3.05, 3.63) is 0 Å². The lowest BCUT2D eigenvalue weighted by molar-refractivity contribution is 0.228. The molecule has 1 saturated carbocycles. The summed E-state index contributed by atoms with van der Waals surface area (Å²) in [6.45, 7) is 5.44. The number of hydrogen-bond donors (Lipinski definition) is 1. The zero-order valence-corrected chi connectivity index (χ0v) is 7.19. The Bertz CT molecular complexity index is 93.0. The summed E-state index contributed by atoms with van der Waals surface area (Å²) in [6, 6.07) is 0. The Hall–Kier alpha value is -0.0400. The highest BCUT2D eigenvalue weighted by Gasteiger charge is 2.41. The largest absolute Gasteiger partial charge is 0.330 e. The van der Waals surface area contributed by atoms with Gasteiger partial charge in [-0.1, -0.05) is 13.8 Å². The van der Waals surface area contributed by atoms with Crippen molar-refractivity contribution in [1.82, 2.24) is 0 Å². The number of nitrogens with two attached hydrogens (primary N) is 1. The zero-order valence-electron chi connectivity index (χ0n) is 7.19. The molecule has 0 radical (unpaired) electrons. The first-order valence-electron chi connectivity index (χ1n) is 4.49. The van der Waals surface area contributed by atoms with Crippen LogP contribution in [-0.2, 0) is 0 Å². The third-order valence-corrected chi connectivity index (χ3v) is 3.26. The topological polar surface area (TPSA) is 26.0 Å². The average Bonchev–Trinajstić information content (AvgIpc) is 2.77. The molecule has 1 aliphatic carbocycles. The summed E-state index contributed by atoms with van der Waals surface area (Å²) in [5.74, 6) is 0.965. The molecule has 0 amide bonds. The van der Waals surface area contributed by atoms with E-state index in [1.54, 1.807) is 0 Å². The van der Waals surface area contributed by atoms with Crippen molar-refractivity contribution >= 4 is 0 Å². The van der Waals surface area contributed by atoms with Gasteiger partial charge < -0.3 is 5.73 Å². The van der Waals surface area contributed by atoms with Gasteiger partial charge in [0.1, 0.15) is 0 Å². The summed E-state index contributed by atoms with van der Waals surface area (Å²) >= 11 is 0. The molecule has 1 aliphatic rings. The molecule has 60 valence electrons. The summed E-state index contributed by atoms with van der Waals surface area (Å²) in [7, 11) is 0. The maximum absolute atomic E-state index is 5.77. The molecule has 1 nitrogen and oxygen atoms in total. The van der Waals surface area contributed by atoms with E-state index in [1.807, 2.05) is 0 Å². The van der Waals surface area contributed by atoms with E-state index >= 15 is 0 Å². The van der Waals surface area contributed by atoms with E-state index in [0.29, 0.717) is 5.41 Å². The van der Waals surface area contributed by atoms with Crippen molar-refractivity contribution in [2.45, 2.75) is 39.5 Å². The van der Waals surface area contributed by atoms with E-state index in [2.05, 4.69) is 13.8 Å². The molecule has 0 aromatic rings. The normalized spacial score (nSPS) is 19.5. The quantitative estimate of drug-likeness (QED) is 0.638. The lowest BCUT2D eigenvalue weighted by atomic mass is 9.78. The van der Waals surface area contributed by atoms with Gasteiger partial charge >= 0.3 is 0 Å². The van der Waals surface area contributed by atoms with Gasteiger partial charge in [0.2, 0.25) is 0 Å². The molecular formula is C9H19N. The van der Waals surface area contributed by atoms with Gasteiger partial charge in [0.25, 0.3) is 0 Å². The van der Waals surface area contributed by atoms with Crippen LogP contribution < -0.4 is 5.73 Å². The predicted octanol–water partition coefficient (Wildman–Crippen LogP) is 2.16. The van der Waals surface area contributed by atoms with Crippen molar-refractivity contribution < 1.29 is 0 Å².